The van der Waals surface area contributed by atoms with E-state index in [-0.39, 0.29) is 18.6 Å². The van der Waals surface area contributed by atoms with Crippen molar-refractivity contribution < 1.29 is 14.6 Å². The third-order valence-electron chi connectivity index (χ3n) is 3.23. The highest BCUT2D eigenvalue weighted by molar-refractivity contribution is 5.67. The van der Waals surface area contributed by atoms with Crippen molar-refractivity contribution in [3.8, 4) is 0 Å². The van der Waals surface area contributed by atoms with Crippen LogP contribution in [-0.2, 0) is 9.53 Å². The van der Waals surface area contributed by atoms with Gasteiger partial charge < -0.3 is 9.84 Å². The molecule has 94 valence electrons. The molecule has 0 aromatic heterocycles. The fraction of sp³-hybridized carbons (Fsp3) is 0.923. The first kappa shape index (κ1) is 13.5. The van der Waals surface area contributed by atoms with Crippen LogP contribution in [0.4, 0.5) is 0 Å². The van der Waals surface area contributed by atoms with E-state index in [1.807, 2.05) is 6.92 Å². The van der Waals surface area contributed by atoms with Gasteiger partial charge in [0.05, 0.1) is 18.6 Å². The average molecular weight is 228 g/mol. The maximum absolute atomic E-state index is 10.6. The first-order valence-corrected chi connectivity index (χ1v) is 6.16. The molecule has 1 aliphatic carbocycles. The van der Waals surface area contributed by atoms with Gasteiger partial charge in [-0.3, -0.25) is 4.79 Å². The summed E-state index contributed by atoms with van der Waals surface area (Å²) in [4.78, 5) is 10.6. The second-order valence-electron chi connectivity index (χ2n) is 6.08. The summed E-state index contributed by atoms with van der Waals surface area (Å²) >= 11 is 0. The van der Waals surface area contributed by atoms with Crippen LogP contribution in [0.3, 0.4) is 0 Å². The Morgan fingerprint density at radius 3 is 2.62 bits per heavy atom. The summed E-state index contributed by atoms with van der Waals surface area (Å²) in [6.07, 6.45) is 3.50. The third kappa shape index (κ3) is 4.52. The molecular weight excluding hydrogens is 204 g/mol. The fourth-order valence-electron chi connectivity index (χ4n) is 2.98. The zero-order chi connectivity index (χ0) is 12.3. The normalized spacial score (nSPS) is 31.0. The second kappa shape index (κ2) is 5.17. The lowest BCUT2D eigenvalue weighted by molar-refractivity contribution is -0.142. The van der Waals surface area contributed by atoms with Gasteiger partial charge >= 0.3 is 5.97 Å². The van der Waals surface area contributed by atoms with Crippen LogP contribution in [0.2, 0.25) is 0 Å². The molecule has 0 saturated heterocycles. The highest BCUT2D eigenvalue weighted by Gasteiger charge is 2.33. The Kier molecular flexibility index (Phi) is 4.36. The van der Waals surface area contributed by atoms with Crippen molar-refractivity contribution >= 4 is 5.97 Å². The summed E-state index contributed by atoms with van der Waals surface area (Å²) in [6.45, 7) is 8.63. The van der Waals surface area contributed by atoms with Gasteiger partial charge in [0.1, 0.15) is 0 Å². The maximum Gasteiger partial charge on any atom is 0.305 e. The predicted octanol–water partition coefficient (Wildman–Crippen LogP) is 3.08. The van der Waals surface area contributed by atoms with Gasteiger partial charge in [-0.25, -0.2) is 0 Å². The second-order valence-corrected chi connectivity index (χ2v) is 6.08. The first-order chi connectivity index (χ1) is 7.28. The fourth-order valence-corrected chi connectivity index (χ4v) is 2.98. The molecule has 0 spiro atoms. The minimum absolute atomic E-state index is 0.102. The van der Waals surface area contributed by atoms with Crippen molar-refractivity contribution in [2.24, 2.45) is 11.3 Å². The van der Waals surface area contributed by atoms with Crippen LogP contribution in [0.1, 0.15) is 53.4 Å². The lowest BCUT2D eigenvalue weighted by Gasteiger charge is -2.39. The Morgan fingerprint density at radius 1 is 1.50 bits per heavy atom. The lowest BCUT2D eigenvalue weighted by atomic mass is 9.71. The summed E-state index contributed by atoms with van der Waals surface area (Å²) in [6, 6.07) is 0. The number of hydrogen-bond acceptors (Lipinski definition) is 2. The smallest absolute Gasteiger partial charge is 0.305 e. The van der Waals surface area contributed by atoms with Crippen LogP contribution in [0, 0.1) is 11.3 Å². The third-order valence-corrected chi connectivity index (χ3v) is 3.23. The van der Waals surface area contributed by atoms with E-state index >= 15 is 0 Å². The SMILES string of the molecule is CC1CC(O[C@H](C)CC(=O)O)CC(C)(C)C1. The van der Waals surface area contributed by atoms with Crippen LogP contribution in [0.15, 0.2) is 0 Å². The molecule has 0 aromatic carbocycles. The molecule has 1 rings (SSSR count). The number of hydrogen-bond donors (Lipinski definition) is 1. The Balaban J connectivity index is 2.44. The quantitative estimate of drug-likeness (QED) is 0.804. The molecule has 2 unspecified atom stereocenters. The zero-order valence-corrected chi connectivity index (χ0v) is 10.8. The van der Waals surface area contributed by atoms with Crippen molar-refractivity contribution in [1.29, 1.82) is 0 Å². The monoisotopic (exact) mass is 228 g/mol. The van der Waals surface area contributed by atoms with Gasteiger partial charge in [0.2, 0.25) is 0 Å². The van der Waals surface area contributed by atoms with E-state index in [0.717, 1.165) is 12.8 Å². The van der Waals surface area contributed by atoms with E-state index in [0.29, 0.717) is 11.3 Å². The summed E-state index contributed by atoms with van der Waals surface area (Å²) in [7, 11) is 0. The number of rotatable bonds is 4. The van der Waals surface area contributed by atoms with Crippen molar-refractivity contribution in [2.75, 3.05) is 0 Å². The van der Waals surface area contributed by atoms with Gasteiger partial charge in [-0.2, -0.15) is 0 Å². The van der Waals surface area contributed by atoms with Gasteiger partial charge in [0.25, 0.3) is 0 Å². The van der Waals surface area contributed by atoms with Gasteiger partial charge in [0.15, 0.2) is 0 Å². The van der Waals surface area contributed by atoms with E-state index in [2.05, 4.69) is 20.8 Å². The van der Waals surface area contributed by atoms with Gasteiger partial charge in [0, 0.05) is 0 Å². The Bertz CT molecular complexity index is 248. The Labute approximate surface area is 98.2 Å². The predicted molar refractivity (Wildman–Crippen MR) is 63.4 cm³/mol. The number of carboxylic acids is 1. The van der Waals surface area contributed by atoms with E-state index in [1.165, 1.54) is 6.42 Å². The van der Waals surface area contributed by atoms with Crippen molar-refractivity contribution in [3.63, 3.8) is 0 Å². The molecule has 1 saturated carbocycles. The van der Waals surface area contributed by atoms with Crippen LogP contribution >= 0.6 is 0 Å². The molecule has 3 nitrogen and oxygen atoms in total. The molecule has 0 heterocycles. The topological polar surface area (TPSA) is 46.5 Å². The molecule has 3 heteroatoms. The Morgan fingerprint density at radius 2 is 2.12 bits per heavy atom. The minimum Gasteiger partial charge on any atom is -0.481 e. The molecule has 0 aromatic rings. The molecule has 0 bridgehead atoms. The van der Waals surface area contributed by atoms with Crippen LogP contribution in [0.25, 0.3) is 0 Å². The summed E-state index contributed by atoms with van der Waals surface area (Å²) in [5.74, 6) is -0.110. The van der Waals surface area contributed by atoms with E-state index < -0.39 is 5.97 Å². The van der Waals surface area contributed by atoms with Crippen LogP contribution < -0.4 is 0 Å². The summed E-state index contributed by atoms with van der Waals surface area (Å²) in [5.41, 5.74) is 0.325. The molecule has 0 radical (unpaired) electrons. The molecule has 3 atom stereocenters. The van der Waals surface area contributed by atoms with Gasteiger partial charge in [-0.05, 0) is 37.5 Å². The highest BCUT2D eigenvalue weighted by Crippen LogP contribution is 2.40. The Hall–Kier alpha value is -0.570. The van der Waals surface area contributed by atoms with E-state index in [9.17, 15) is 4.79 Å². The summed E-state index contributed by atoms with van der Waals surface area (Å²) < 4.78 is 5.83. The van der Waals surface area contributed by atoms with Crippen LogP contribution in [0.5, 0.6) is 0 Å². The number of carboxylic acid groups (broad SMARTS) is 1. The van der Waals surface area contributed by atoms with E-state index in [1.54, 1.807) is 0 Å². The van der Waals surface area contributed by atoms with Crippen molar-refractivity contribution in [3.05, 3.63) is 0 Å². The minimum atomic E-state index is -0.782. The molecule has 16 heavy (non-hydrogen) atoms. The molecular formula is C13H24O3. The number of aliphatic carboxylic acids is 1. The lowest BCUT2D eigenvalue weighted by Crippen LogP contribution is -2.34. The number of ether oxygens (including phenoxy) is 1. The van der Waals surface area contributed by atoms with Crippen LogP contribution in [-0.4, -0.2) is 23.3 Å². The zero-order valence-electron chi connectivity index (χ0n) is 10.8. The van der Waals surface area contributed by atoms with Gasteiger partial charge in [-0.1, -0.05) is 20.8 Å². The van der Waals surface area contributed by atoms with Crippen molar-refractivity contribution in [1.82, 2.24) is 0 Å². The van der Waals surface area contributed by atoms with Crippen molar-refractivity contribution in [2.45, 2.75) is 65.6 Å². The molecule has 1 N–H and O–H groups in total. The first-order valence-electron chi connectivity index (χ1n) is 6.16. The van der Waals surface area contributed by atoms with Gasteiger partial charge in [-0.15, -0.1) is 0 Å². The molecule has 0 amide bonds. The molecule has 1 fully saturated rings. The van der Waals surface area contributed by atoms with E-state index in [4.69, 9.17) is 9.84 Å². The molecule has 0 aliphatic heterocycles. The highest BCUT2D eigenvalue weighted by atomic mass is 16.5. The number of carbonyl (C=O) groups is 1. The average Bonchev–Trinajstić information content (AvgIpc) is 1.95. The standard InChI is InChI=1S/C13H24O3/c1-9-5-11(8-13(3,4)7-9)16-10(2)6-12(14)15/h9-11H,5-8H2,1-4H3,(H,14,15)/t9?,10-,11?/m1/s1. The summed E-state index contributed by atoms with van der Waals surface area (Å²) in [5, 5.41) is 8.69. The molecule has 1 aliphatic rings. The largest absolute Gasteiger partial charge is 0.481 e. The maximum atomic E-state index is 10.6.